The van der Waals surface area contributed by atoms with E-state index in [4.69, 9.17) is 10.5 Å². The zero-order chi connectivity index (χ0) is 17.9. The number of nitrogens with two attached hydrogens (primary N) is 1. The van der Waals surface area contributed by atoms with E-state index >= 15 is 0 Å². The third-order valence-electron chi connectivity index (χ3n) is 3.78. The molecule has 0 radical (unpaired) electrons. The highest BCUT2D eigenvalue weighted by molar-refractivity contribution is 5.95. The van der Waals surface area contributed by atoms with Gasteiger partial charge < -0.3 is 20.7 Å². The minimum atomic E-state index is -0.534. The van der Waals surface area contributed by atoms with Gasteiger partial charge in [-0.15, -0.1) is 0 Å². The topological polar surface area (TPSA) is 84.7 Å². The third-order valence-corrected chi connectivity index (χ3v) is 3.78. The van der Waals surface area contributed by atoms with E-state index in [0.717, 1.165) is 18.4 Å². The van der Waals surface area contributed by atoms with E-state index in [0.29, 0.717) is 24.3 Å². The van der Waals surface area contributed by atoms with Crippen molar-refractivity contribution in [3.8, 4) is 0 Å². The van der Waals surface area contributed by atoms with Crippen molar-refractivity contribution in [3.63, 3.8) is 0 Å². The maximum absolute atomic E-state index is 12.7. The second-order valence-corrected chi connectivity index (χ2v) is 7.37. The zero-order valence-corrected chi connectivity index (χ0v) is 14.9. The second kappa shape index (κ2) is 7.11. The van der Waals surface area contributed by atoms with Gasteiger partial charge >= 0.3 is 6.09 Å². The number of carbonyl (C=O) groups is 2. The number of carbonyl (C=O) groups excluding carboxylic acids is 2. The molecule has 1 aromatic rings. The first-order valence-electron chi connectivity index (χ1n) is 8.30. The summed E-state index contributed by atoms with van der Waals surface area (Å²) < 4.78 is 5.28. The number of piperidine rings is 1. The van der Waals surface area contributed by atoms with E-state index in [9.17, 15) is 9.59 Å². The lowest BCUT2D eigenvalue weighted by Gasteiger charge is -2.33. The summed E-state index contributed by atoms with van der Waals surface area (Å²) in [6.45, 7) is 8.55. The molecule has 0 spiro atoms. The van der Waals surface area contributed by atoms with E-state index in [2.05, 4.69) is 5.32 Å². The lowest BCUT2D eigenvalue weighted by Crippen LogP contribution is -2.50. The van der Waals surface area contributed by atoms with Gasteiger partial charge in [0.1, 0.15) is 5.60 Å². The minimum Gasteiger partial charge on any atom is -0.444 e. The Labute approximate surface area is 143 Å². The number of nitrogens with one attached hydrogen (secondary N) is 1. The van der Waals surface area contributed by atoms with Crippen molar-refractivity contribution in [2.75, 3.05) is 18.8 Å². The highest BCUT2D eigenvalue weighted by Crippen LogP contribution is 2.18. The Morgan fingerprint density at radius 3 is 2.62 bits per heavy atom. The fourth-order valence-electron chi connectivity index (χ4n) is 2.87. The van der Waals surface area contributed by atoms with E-state index in [1.165, 1.54) is 0 Å². The number of aryl methyl sites for hydroxylation is 1. The van der Waals surface area contributed by atoms with Crippen LogP contribution in [0.3, 0.4) is 0 Å². The number of ether oxygens (including phenoxy) is 1. The van der Waals surface area contributed by atoms with Crippen LogP contribution in [-0.4, -0.2) is 41.6 Å². The molecule has 6 nitrogen and oxygen atoms in total. The number of alkyl carbamates (subject to hydrolysis) is 1. The number of nitrogen functional groups attached to an aromatic ring is 1. The van der Waals surface area contributed by atoms with Crippen molar-refractivity contribution in [3.05, 3.63) is 29.3 Å². The predicted octanol–water partition coefficient (Wildman–Crippen LogP) is 2.71. The fraction of sp³-hybridized carbons (Fsp3) is 0.556. The Bertz CT molecular complexity index is 602. The number of nitrogens with zero attached hydrogens (tertiary/aromatic N) is 1. The maximum atomic E-state index is 12.7. The van der Waals surface area contributed by atoms with Gasteiger partial charge in [0.2, 0.25) is 0 Å². The number of hydrogen-bond acceptors (Lipinski definition) is 4. The Kier molecular flexibility index (Phi) is 5.36. The van der Waals surface area contributed by atoms with Crippen LogP contribution in [-0.2, 0) is 4.74 Å². The third kappa shape index (κ3) is 5.15. The summed E-state index contributed by atoms with van der Waals surface area (Å²) >= 11 is 0. The lowest BCUT2D eigenvalue weighted by molar-refractivity contribution is 0.0452. The molecular weight excluding hydrogens is 306 g/mol. The molecule has 1 aromatic carbocycles. The largest absolute Gasteiger partial charge is 0.444 e. The molecule has 1 aliphatic heterocycles. The van der Waals surface area contributed by atoms with Crippen LogP contribution in [0.4, 0.5) is 10.5 Å². The number of likely N-dealkylation sites (tertiary alicyclic amines) is 1. The first-order chi connectivity index (χ1) is 11.1. The Balaban J connectivity index is 1.99. The first kappa shape index (κ1) is 18.1. The van der Waals surface area contributed by atoms with E-state index in [1.54, 1.807) is 11.0 Å². The second-order valence-electron chi connectivity index (χ2n) is 7.37. The SMILES string of the molecule is Cc1cc(N)cc(C(=O)N2CCCC(NC(=O)OC(C)(C)C)C2)c1. The molecule has 1 fully saturated rings. The summed E-state index contributed by atoms with van der Waals surface area (Å²) in [7, 11) is 0. The van der Waals surface area contributed by atoms with Crippen molar-refractivity contribution in [1.82, 2.24) is 10.2 Å². The van der Waals surface area contributed by atoms with Crippen molar-refractivity contribution < 1.29 is 14.3 Å². The Morgan fingerprint density at radius 1 is 1.29 bits per heavy atom. The molecule has 1 aliphatic rings. The van der Waals surface area contributed by atoms with Gasteiger partial charge in [0.25, 0.3) is 5.91 Å². The molecule has 1 saturated heterocycles. The molecule has 1 heterocycles. The maximum Gasteiger partial charge on any atom is 0.407 e. The molecule has 24 heavy (non-hydrogen) atoms. The Hall–Kier alpha value is -2.24. The molecule has 1 unspecified atom stereocenters. The van der Waals surface area contributed by atoms with Gasteiger partial charge in [0.05, 0.1) is 0 Å². The summed E-state index contributed by atoms with van der Waals surface area (Å²) in [6, 6.07) is 5.27. The molecule has 0 saturated carbocycles. The van der Waals surface area contributed by atoms with Crippen molar-refractivity contribution in [2.45, 2.75) is 52.2 Å². The standard InChI is InChI=1S/C18H27N3O3/c1-12-8-13(10-14(19)9-12)16(22)21-7-5-6-15(11-21)20-17(23)24-18(2,3)4/h8-10,15H,5-7,11,19H2,1-4H3,(H,20,23). The van der Waals surface area contributed by atoms with Gasteiger partial charge in [-0.2, -0.15) is 0 Å². The van der Waals surface area contributed by atoms with E-state index < -0.39 is 11.7 Å². The molecule has 0 aliphatic carbocycles. The van der Waals surface area contributed by atoms with Crippen LogP contribution >= 0.6 is 0 Å². The summed E-state index contributed by atoms with van der Waals surface area (Å²) in [6.07, 6.45) is 1.23. The smallest absolute Gasteiger partial charge is 0.407 e. The van der Waals surface area contributed by atoms with E-state index in [1.807, 2.05) is 39.8 Å². The number of benzene rings is 1. The summed E-state index contributed by atoms with van der Waals surface area (Å²) in [5.74, 6) is -0.0545. The highest BCUT2D eigenvalue weighted by Gasteiger charge is 2.27. The monoisotopic (exact) mass is 333 g/mol. The van der Waals surface area contributed by atoms with Crippen LogP contribution in [0, 0.1) is 6.92 Å². The number of amides is 2. The molecule has 3 N–H and O–H groups in total. The number of hydrogen-bond donors (Lipinski definition) is 2. The lowest BCUT2D eigenvalue weighted by atomic mass is 10.0. The fourth-order valence-corrected chi connectivity index (χ4v) is 2.87. The Morgan fingerprint density at radius 2 is 2.00 bits per heavy atom. The zero-order valence-electron chi connectivity index (χ0n) is 14.9. The van der Waals surface area contributed by atoms with Crippen LogP contribution in [0.1, 0.15) is 49.5 Å². The molecule has 0 bridgehead atoms. The van der Waals surface area contributed by atoms with Crippen LogP contribution in [0.2, 0.25) is 0 Å². The molecule has 6 heteroatoms. The van der Waals surface area contributed by atoms with Crippen molar-refractivity contribution >= 4 is 17.7 Å². The van der Waals surface area contributed by atoms with Gasteiger partial charge in [-0.25, -0.2) is 4.79 Å². The van der Waals surface area contributed by atoms with Gasteiger partial charge in [-0.3, -0.25) is 4.79 Å². The normalized spacial score (nSPS) is 18.2. The molecular formula is C18H27N3O3. The van der Waals surface area contributed by atoms with Crippen molar-refractivity contribution in [2.24, 2.45) is 0 Å². The van der Waals surface area contributed by atoms with Crippen LogP contribution in [0.15, 0.2) is 18.2 Å². The average molecular weight is 333 g/mol. The summed E-state index contributed by atoms with van der Waals surface area (Å²) in [5, 5.41) is 2.85. The number of anilines is 1. The molecule has 2 rings (SSSR count). The molecule has 132 valence electrons. The quantitative estimate of drug-likeness (QED) is 0.815. The molecule has 0 aromatic heterocycles. The minimum absolute atomic E-state index is 0.0545. The van der Waals surface area contributed by atoms with Gasteiger partial charge in [0.15, 0.2) is 0 Å². The van der Waals surface area contributed by atoms with Crippen LogP contribution < -0.4 is 11.1 Å². The van der Waals surface area contributed by atoms with Crippen LogP contribution in [0.5, 0.6) is 0 Å². The predicted molar refractivity (Wildman–Crippen MR) is 93.9 cm³/mol. The molecule has 1 atom stereocenters. The molecule has 2 amide bonds. The average Bonchev–Trinajstić information content (AvgIpc) is 2.43. The summed E-state index contributed by atoms with van der Waals surface area (Å²) in [4.78, 5) is 26.4. The first-order valence-corrected chi connectivity index (χ1v) is 8.30. The van der Waals surface area contributed by atoms with E-state index in [-0.39, 0.29) is 11.9 Å². The van der Waals surface area contributed by atoms with Crippen molar-refractivity contribution in [1.29, 1.82) is 0 Å². The number of rotatable bonds is 2. The van der Waals surface area contributed by atoms with Gasteiger partial charge in [-0.05, 0) is 64.3 Å². The summed E-state index contributed by atoms with van der Waals surface area (Å²) in [5.41, 5.74) is 7.43. The van der Waals surface area contributed by atoms with Gasteiger partial charge in [0, 0.05) is 30.4 Å². The van der Waals surface area contributed by atoms with Gasteiger partial charge in [-0.1, -0.05) is 0 Å². The highest BCUT2D eigenvalue weighted by atomic mass is 16.6. The van der Waals surface area contributed by atoms with Crippen LogP contribution in [0.25, 0.3) is 0 Å².